The van der Waals surface area contributed by atoms with Crippen LogP contribution in [0.4, 0.5) is 10.1 Å². The number of carboxylic acid groups (broad SMARTS) is 2. The molecule has 3 fully saturated rings. The van der Waals surface area contributed by atoms with Crippen LogP contribution in [0.1, 0.15) is 23.3 Å². The molecule has 336 valence electrons. The third-order valence-electron chi connectivity index (χ3n) is 10.8. The summed E-state index contributed by atoms with van der Waals surface area (Å²) >= 11 is 0. The van der Waals surface area contributed by atoms with Crippen LogP contribution in [0.2, 0.25) is 0 Å². The second-order valence-electron chi connectivity index (χ2n) is 14.9. The van der Waals surface area contributed by atoms with E-state index < -0.39 is 118 Å². The van der Waals surface area contributed by atoms with Gasteiger partial charge in [0, 0.05) is 11.3 Å². The Morgan fingerprint density at radius 3 is 1.84 bits per heavy atom. The van der Waals surface area contributed by atoms with Crippen LogP contribution in [0.5, 0.6) is 5.75 Å². The SMILES string of the molecule is O=C(O)C1O[C@@H](Oc2cc(-c3ccc(P(=O)(O)O)cc3)ccc2[C@@H]2[C@@H](OC[C@H](O[C@@H]3OC(C(=O)O)[C@H](O)[C@H](O)C3O)c3ccc(F)cc3)C(=O)N2c2ccccc2)C(O)C(O)C1O. The monoisotopic (exact) mass is 901 g/mol. The van der Waals surface area contributed by atoms with Crippen molar-refractivity contribution in [2.75, 3.05) is 11.5 Å². The van der Waals surface area contributed by atoms with Gasteiger partial charge in [-0.2, -0.15) is 0 Å². The van der Waals surface area contributed by atoms with Gasteiger partial charge >= 0.3 is 19.5 Å². The van der Waals surface area contributed by atoms with Crippen LogP contribution in [0.15, 0.2) is 97.1 Å². The number of carbonyl (C=O) groups is 3. The van der Waals surface area contributed by atoms with Crippen molar-refractivity contribution in [3.05, 3.63) is 114 Å². The Bertz CT molecular complexity index is 2330. The highest BCUT2D eigenvalue weighted by molar-refractivity contribution is 7.60. The molecule has 10 N–H and O–H groups in total. The summed E-state index contributed by atoms with van der Waals surface area (Å²) < 4.78 is 54.9. The molecule has 4 aromatic carbocycles. The minimum absolute atomic E-state index is 0.133. The van der Waals surface area contributed by atoms with Gasteiger partial charge in [0.1, 0.15) is 60.3 Å². The van der Waals surface area contributed by atoms with Crippen LogP contribution >= 0.6 is 7.60 Å². The molecule has 0 aliphatic carbocycles. The van der Waals surface area contributed by atoms with E-state index in [4.69, 9.17) is 23.7 Å². The smallest absolute Gasteiger partial charge is 0.356 e. The maximum Gasteiger partial charge on any atom is 0.356 e. The number of aliphatic hydroxyl groups is 6. The molecule has 7 rings (SSSR count). The lowest BCUT2D eigenvalue weighted by Crippen LogP contribution is -2.62. The zero-order chi connectivity index (χ0) is 45.5. The molecule has 3 saturated heterocycles. The lowest BCUT2D eigenvalue weighted by molar-refractivity contribution is -0.309. The van der Waals surface area contributed by atoms with E-state index in [1.165, 1.54) is 53.4 Å². The fourth-order valence-corrected chi connectivity index (χ4v) is 7.93. The van der Waals surface area contributed by atoms with Crippen LogP contribution in [0.3, 0.4) is 0 Å². The number of hydrogen-bond acceptors (Lipinski definition) is 15. The molecule has 3 aliphatic rings. The standard InChI is InChI=1S/C41H41FNO19P/c42-21-11-6-19(7-12-21)26(60-41-33(49)29(45)31(47)36(62-41)39(53)54)17-58-34-27(43(37(34)50)22-4-2-1-3-5-22)24-15-10-20(18-8-13-23(14-9-18)63(55,56)57)16-25(24)59-40-32(48)28(44)30(46)35(61-40)38(51)52/h1-16,26-36,40-41,44-49H,17H2,(H,51,52)(H,53,54)(H2,55,56,57)/t26-,27+,28?,29-,30?,31+,32?,33?,34+,35?,36?,40+,41+/m0/s1. The second kappa shape index (κ2) is 18.5. The van der Waals surface area contributed by atoms with Crippen LogP contribution in [0.25, 0.3) is 11.1 Å². The Morgan fingerprint density at radius 1 is 0.714 bits per heavy atom. The van der Waals surface area contributed by atoms with Crippen LogP contribution in [0, 0.1) is 5.82 Å². The lowest BCUT2D eigenvalue weighted by atomic mass is 9.87. The molecule has 3 heterocycles. The average Bonchev–Trinajstić information content (AvgIpc) is 3.25. The van der Waals surface area contributed by atoms with Gasteiger partial charge in [0.25, 0.3) is 5.91 Å². The highest BCUT2D eigenvalue weighted by Gasteiger charge is 2.53. The zero-order valence-corrected chi connectivity index (χ0v) is 33.3. The Balaban J connectivity index is 1.27. The first-order valence-electron chi connectivity index (χ1n) is 19.1. The number of halogens is 1. The molecule has 4 aromatic rings. The summed E-state index contributed by atoms with van der Waals surface area (Å²) in [7, 11) is -4.63. The molecule has 63 heavy (non-hydrogen) atoms. The van der Waals surface area contributed by atoms with Gasteiger partial charge in [-0.15, -0.1) is 0 Å². The summed E-state index contributed by atoms with van der Waals surface area (Å²) in [4.78, 5) is 58.6. The number of carboxylic acids is 2. The number of amides is 1. The minimum atomic E-state index is -4.63. The van der Waals surface area contributed by atoms with Crippen LogP contribution in [-0.2, 0) is 37.9 Å². The molecule has 20 nitrogen and oxygen atoms in total. The van der Waals surface area contributed by atoms with Crippen molar-refractivity contribution in [3.63, 3.8) is 0 Å². The number of anilines is 1. The van der Waals surface area contributed by atoms with E-state index >= 15 is 0 Å². The topological polar surface area (TPSA) is 320 Å². The van der Waals surface area contributed by atoms with Crippen molar-refractivity contribution in [3.8, 4) is 16.9 Å². The fourth-order valence-electron chi connectivity index (χ4n) is 7.40. The number of aliphatic carboxylic acids is 2. The normalized spacial score (nSPS) is 30.3. The molecule has 6 unspecified atom stereocenters. The van der Waals surface area contributed by atoms with Crippen molar-refractivity contribution in [1.82, 2.24) is 0 Å². The predicted molar refractivity (Wildman–Crippen MR) is 209 cm³/mol. The third kappa shape index (κ3) is 9.38. The van der Waals surface area contributed by atoms with Gasteiger partial charge in [0.2, 0.25) is 6.29 Å². The third-order valence-corrected chi connectivity index (χ3v) is 11.8. The average molecular weight is 902 g/mol. The van der Waals surface area contributed by atoms with Gasteiger partial charge in [0.05, 0.1) is 11.9 Å². The largest absolute Gasteiger partial charge is 0.479 e. The first-order valence-corrected chi connectivity index (χ1v) is 20.7. The number of benzene rings is 4. The number of para-hydroxylation sites is 1. The molecule has 0 saturated carbocycles. The number of aliphatic hydroxyl groups excluding tert-OH is 6. The first kappa shape index (κ1) is 45.8. The Morgan fingerprint density at radius 2 is 1.27 bits per heavy atom. The van der Waals surface area contributed by atoms with Crippen molar-refractivity contribution < 1.29 is 97.7 Å². The molecular formula is C41H41FNO19P. The van der Waals surface area contributed by atoms with Gasteiger partial charge < -0.3 is 74.3 Å². The van der Waals surface area contributed by atoms with E-state index in [2.05, 4.69) is 0 Å². The summed E-state index contributed by atoms with van der Waals surface area (Å²) in [5.74, 6) is -4.85. The minimum Gasteiger partial charge on any atom is -0.479 e. The summed E-state index contributed by atoms with van der Waals surface area (Å²) in [5, 5.41) is 82.3. The molecule has 3 aliphatic heterocycles. The highest BCUT2D eigenvalue weighted by Crippen LogP contribution is 2.46. The molecule has 0 bridgehead atoms. The second-order valence-corrected chi connectivity index (χ2v) is 16.5. The molecule has 0 aromatic heterocycles. The number of hydrogen-bond donors (Lipinski definition) is 10. The Hall–Kier alpha value is -5.23. The van der Waals surface area contributed by atoms with Gasteiger partial charge in [-0.1, -0.05) is 54.6 Å². The quantitative estimate of drug-likeness (QED) is 0.0573. The van der Waals surface area contributed by atoms with Gasteiger partial charge in [-0.3, -0.25) is 14.3 Å². The Kier molecular flexibility index (Phi) is 13.4. The summed E-state index contributed by atoms with van der Waals surface area (Å²) in [6.45, 7) is -0.584. The number of ether oxygens (including phenoxy) is 5. The van der Waals surface area contributed by atoms with Crippen LogP contribution < -0.4 is 14.9 Å². The van der Waals surface area contributed by atoms with Crippen molar-refractivity contribution >= 4 is 36.4 Å². The zero-order valence-electron chi connectivity index (χ0n) is 32.4. The molecule has 1 amide bonds. The molecule has 0 spiro atoms. The van der Waals surface area contributed by atoms with Gasteiger partial charge in [-0.05, 0) is 59.2 Å². The lowest BCUT2D eigenvalue weighted by Gasteiger charge is -2.48. The van der Waals surface area contributed by atoms with E-state index in [1.54, 1.807) is 36.4 Å². The summed E-state index contributed by atoms with van der Waals surface area (Å²) in [6, 6.07) is 21.3. The van der Waals surface area contributed by atoms with Gasteiger partial charge in [0.15, 0.2) is 24.6 Å². The number of nitrogens with zero attached hydrogens (tertiary/aromatic N) is 1. The van der Waals surface area contributed by atoms with Crippen molar-refractivity contribution in [2.24, 2.45) is 0 Å². The summed E-state index contributed by atoms with van der Waals surface area (Å²) in [5.41, 5.74) is 1.39. The predicted octanol–water partition coefficient (Wildman–Crippen LogP) is -0.310. The van der Waals surface area contributed by atoms with E-state index in [0.29, 0.717) is 16.8 Å². The van der Waals surface area contributed by atoms with E-state index in [9.17, 15) is 74.0 Å². The maximum atomic E-state index is 14.2. The Labute approximate surface area is 355 Å². The first-order chi connectivity index (χ1) is 29.8. The van der Waals surface area contributed by atoms with Crippen molar-refractivity contribution in [2.45, 2.75) is 79.7 Å². The van der Waals surface area contributed by atoms with Gasteiger partial charge in [-0.25, -0.2) is 14.0 Å². The molecule has 13 atom stereocenters. The molecule has 0 radical (unpaired) electrons. The van der Waals surface area contributed by atoms with E-state index in [-0.39, 0.29) is 22.2 Å². The maximum absolute atomic E-state index is 14.2. The number of β-lactam (4-membered cyclic amide) rings is 1. The van der Waals surface area contributed by atoms with Crippen LogP contribution in [-0.4, -0.2) is 143 Å². The van der Waals surface area contributed by atoms with E-state index in [1.807, 2.05) is 0 Å². The number of carbonyl (C=O) groups excluding carboxylic acids is 1. The fraction of sp³-hybridized carbons (Fsp3) is 0.341. The number of rotatable bonds is 14. The highest BCUT2D eigenvalue weighted by atomic mass is 31.2. The molecular weight excluding hydrogens is 860 g/mol. The van der Waals surface area contributed by atoms with Crippen molar-refractivity contribution in [1.29, 1.82) is 0 Å². The summed E-state index contributed by atoms with van der Waals surface area (Å²) in [6.07, 6.45) is -23.0. The molecule has 22 heteroatoms. The van der Waals surface area contributed by atoms with E-state index in [0.717, 1.165) is 12.1 Å².